The van der Waals surface area contributed by atoms with Crippen molar-refractivity contribution in [2.24, 2.45) is 0 Å². The van der Waals surface area contributed by atoms with Crippen molar-refractivity contribution < 1.29 is 19.1 Å². The van der Waals surface area contributed by atoms with E-state index in [0.29, 0.717) is 22.9 Å². The van der Waals surface area contributed by atoms with Crippen LogP contribution in [0.3, 0.4) is 0 Å². The average Bonchev–Trinajstić information content (AvgIpc) is 3.02. The van der Waals surface area contributed by atoms with E-state index in [1.54, 1.807) is 36.4 Å². The molecule has 6 heteroatoms. The summed E-state index contributed by atoms with van der Waals surface area (Å²) in [4.78, 5) is 22.9. The van der Waals surface area contributed by atoms with Gasteiger partial charge in [0, 0.05) is 24.4 Å². The summed E-state index contributed by atoms with van der Waals surface area (Å²) < 4.78 is 10.5. The van der Waals surface area contributed by atoms with E-state index in [0.717, 1.165) is 5.56 Å². The normalized spacial score (nSPS) is 12.2. The Labute approximate surface area is 139 Å². The molecule has 0 unspecified atom stereocenters. The van der Waals surface area contributed by atoms with Gasteiger partial charge in [0.25, 0.3) is 0 Å². The maximum absolute atomic E-state index is 12.0. The predicted molar refractivity (Wildman–Crippen MR) is 91.0 cm³/mol. The quantitative estimate of drug-likeness (QED) is 0.848. The van der Waals surface area contributed by atoms with E-state index in [9.17, 15) is 9.59 Å². The highest BCUT2D eigenvalue weighted by Gasteiger charge is 2.12. The summed E-state index contributed by atoms with van der Waals surface area (Å²) in [5.41, 5.74) is 2.16. The van der Waals surface area contributed by atoms with Crippen LogP contribution in [-0.4, -0.2) is 18.6 Å². The molecule has 2 N–H and O–H groups in total. The van der Waals surface area contributed by atoms with Crippen molar-refractivity contribution in [1.29, 1.82) is 0 Å². The molecule has 6 nitrogen and oxygen atoms in total. The fourth-order valence-corrected chi connectivity index (χ4v) is 2.21. The summed E-state index contributed by atoms with van der Waals surface area (Å²) in [7, 11) is 0. The molecule has 0 saturated heterocycles. The molecule has 0 saturated carbocycles. The van der Waals surface area contributed by atoms with Crippen LogP contribution in [0.4, 0.5) is 11.4 Å². The number of nitrogens with one attached hydrogen (secondary N) is 2. The molecular formula is C18H16N2O4. The Balaban J connectivity index is 1.59. The Kier molecular flexibility index (Phi) is 4.47. The zero-order valence-electron chi connectivity index (χ0n) is 13.0. The molecule has 2 amide bonds. The Morgan fingerprint density at radius 1 is 0.958 bits per heavy atom. The summed E-state index contributed by atoms with van der Waals surface area (Å²) in [6, 6.07) is 12.3. The van der Waals surface area contributed by atoms with Gasteiger partial charge < -0.3 is 20.1 Å². The van der Waals surface area contributed by atoms with Crippen molar-refractivity contribution in [3.63, 3.8) is 0 Å². The number of hydrogen-bond donors (Lipinski definition) is 2. The van der Waals surface area contributed by atoms with Gasteiger partial charge in [-0.15, -0.1) is 0 Å². The SMILES string of the molecule is CC(=O)Nc1ccc(NC(=O)/C=C\c2ccc3c(c2)OCO3)cc1. The Morgan fingerprint density at radius 3 is 2.33 bits per heavy atom. The van der Waals surface area contributed by atoms with Gasteiger partial charge in [-0.05, 0) is 48.0 Å². The van der Waals surface area contributed by atoms with Gasteiger partial charge in [-0.25, -0.2) is 0 Å². The summed E-state index contributed by atoms with van der Waals surface area (Å²) in [6.45, 7) is 1.66. The molecule has 2 aromatic rings. The number of ether oxygens (including phenoxy) is 2. The Bertz CT molecular complexity index is 797. The van der Waals surface area contributed by atoms with E-state index in [1.807, 2.05) is 12.1 Å². The van der Waals surface area contributed by atoms with E-state index >= 15 is 0 Å². The minimum atomic E-state index is -0.250. The molecule has 0 bridgehead atoms. The fourth-order valence-electron chi connectivity index (χ4n) is 2.21. The van der Waals surface area contributed by atoms with Gasteiger partial charge in [-0.1, -0.05) is 6.07 Å². The van der Waals surface area contributed by atoms with Crippen molar-refractivity contribution in [2.45, 2.75) is 6.92 Å². The smallest absolute Gasteiger partial charge is 0.248 e. The van der Waals surface area contributed by atoms with Gasteiger partial charge >= 0.3 is 0 Å². The van der Waals surface area contributed by atoms with E-state index < -0.39 is 0 Å². The lowest BCUT2D eigenvalue weighted by atomic mass is 10.2. The van der Waals surface area contributed by atoms with Crippen molar-refractivity contribution in [3.8, 4) is 11.5 Å². The van der Waals surface area contributed by atoms with Crippen molar-refractivity contribution >= 4 is 29.3 Å². The van der Waals surface area contributed by atoms with Crippen LogP contribution in [0.15, 0.2) is 48.5 Å². The highest BCUT2D eigenvalue weighted by atomic mass is 16.7. The number of fused-ring (bicyclic) bond motifs is 1. The second-order valence-electron chi connectivity index (χ2n) is 5.19. The highest BCUT2D eigenvalue weighted by Crippen LogP contribution is 2.32. The molecule has 0 spiro atoms. The second kappa shape index (κ2) is 6.87. The summed E-state index contributed by atoms with van der Waals surface area (Å²) in [5.74, 6) is 0.986. The van der Waals surface area contributed by atoms with Gasteiger partial charge in [0.05, 0.1) is 0 Å². The topological polar surface area (TPSA) is 76.7 Å². The standard InChI is InChI=1S/C18H16N2O4/c1-12(21)19-14-4-6-15(7-5-14)20-18(22)9-3-13-2-8-16-17(10-13)24-11-23-16/h2-10H,11H2,1H3,(H,19,21)(H,20,22)/b9-3-. The van der Waals surface area contributed by atoms with Gasteiger partial charge in [0.15, 0.2) is 11.5 Å². The van der Waals surface area contributed by atoms with Crippen molar-refractivity contribution in [2.75, 3.05) is 17.4 Å². The number of rotatable bonds is 4. The molecular weight excluding hydrogens is 308 g/mol. The molecule has 24 heavy (non-hydrogen) atoms. The first kappa shape index (κ1) is 15.6. The van der Waals surface area contributed by atoms with Crippen LogP contribution in [0.1, 0.15) is 12.5 Å². The average molecular weight is 324 g/mol. The molecule has 1 aliphatic heterocycles. The van der Waals surface area contributed by atoms with E-state index in [4.69, 9.17) is 9.47 Å². The number of carbonyl (C=O) groups is 2. The molecule has 2 aromatic carbocycles. The lowest BCUT2D eigenvalue weighted by molar-refractivity contribution is -0.114. The van der Waals surface area contributed by atoms with Crippen LogP contribution < -0.4 is 20.1 Å². The monoisotopic (exact) mass is 324 g/mol. The van der Waals surface area contributed by atoms with E-state index in [-0.39, 0.29) is 18.6 Å². The van der Waals surface area contributed by atoms with Gasteiger partial charge in [-0.3, -0.25) is 9.59 Å². The minimum absolute atomic E-state index is 0.140. The number of anilines is 2. The zero-order chi connectivity index (χ0) is 16.9. The molecule has 1 heterocycles. The van der Waals surface area contributed by atoms with E-state index in [2.05, 4.69) is 10.6 Å². The molecule has 0 atom stereocenters. The molecule has 0 radical (unpaired) electrons. The fraction of sp³-hybridized carbons (Fsp3) is 0.111. The third kappa shape index (κ3) is 3.92. The summed E-state index contributed by atoms with van der Waals surface area (Å²) >= 11 is 0. The second-order valence-corrected chi connectivity index (χ2v) is 5.19. The van der Waals surface area contributed by atoms with Crippen LogP contribution in [0.25, 0.3) is 6.08 Å². The summed E-state index contributed by atoms with van der Waals surface area (Å²) in [5, 5.41) is 5.42. The molecule has 0 fully saturated rings. The zero-order valence-corrected chi connectivity index (χ0v) is 13.0. The molecule has 0 aromatic heterocycles. The maximum atomic E-state index is 12.0. The van der Waals surface area contributed by atoms with Gasteiger partial charge in [-0.2, -0.15) is 0 Å². The molecule has 0 aliphatic carbocycles. The van der Waals surface area contributed by atoms with Crippen LogP contribution in [0.5, 0.6) is 11.5 Å². The van der Waals surface area contributed by atoms with Crippen molar-refractivity contribution in [3.05, 3.63) is 54.1 Å². The first-order chi connectivity index (χ1) is 11.6. The summed E-state index contributed by atoms with van der Waals surface area (Å²) in [6.07, 6.45) is 3.14. The third-order valence-corrected chi connectivity index (χ3v) is 3.30. The molecule has 1 aliphatic rings. The van der Waals surface area contributed by atoms with Crippen LogP contribution in [0, 0.1) is 0 Å². The van der Waals surface area contributed by atoms with Crippen LogP contribution in [0.2, 0.25) is 0 Å². The lowest BCUT2D eigenvalue weighted by Crippen LogP contribution is -2.08. The minimum Gasteiger partial charge on any atom is -0.454 e. The van der Waals surface area contributed by atoms with Gasteiger partial charge in [0.1, 0.15) is 0 Å². The first-order valence-electron chi connectivity index (χ1n) is 7.36. The number of benzene rings is 2. The highest BCUT2D eigenvalue weighted by molar-refractivity contribution is 6.02. The van der Waals surface area contributed by atoms with Crippen molar-refractivity contribution in [1.82, 2.24) is 0 Å². The van der Waals surface area contributed by atoms with E-state index in [1.165, 1.54) is 13.0 Å². The largest absolute Gasteiger partial charge is 0.454 e. The predicted octanol–water partition coefficient (Wildman–Crippen LogP) is 3.03. The number of hydrogen-bond acceptors (Lipinski definition) is 4. The number of amides is 2. The Morgan fingerprint density at radius 2 is 1.62 bits per heavy atom. The molecule has 122 valence electrons. The number of carbonyl (C=O) groups excluding carboxylic acids is 2. The third-order valence-electron chi connectivity index (χ3n) is 3.30. The lowest BCUT2D eigenvalue weighted by Gasteiger charge is -2.05. The van der Waals surface area contributed by atoms with Crippen LogP contribution >= 0.6 is 0 Å². The maximum Gasteiger partial charge on any atom is 0.248 e. The Hall–Kier alpha value is -3.28. The molecule has 3 rings (SSSR count). The van der Waals surface area contributed by atoms with Gasteiger partial charge in [0.2, 0.25) is 18.6 Å². The first-order valence-corrected chi connectivity index (χ1v) is 7.36. The van der Waals surface area contributed by atoms with Crippen LogP contribution in [-0.2, 0) is 9.59 Å².